The standard InChI is InChI=1S/C24H33N9O5S/c1-11-19-18(12(2)28-17(34)9-32-10-27-29-30-32)23(36)33(19)20(24(37)38)21(11)39-15-3-16(26-6-15)22(35)31-7-13-4-25-5-14(13)8-31/h10-16,18-19,25-26H,3-9H2,1-2H3,(H,28,34)(H,37,38)/t11-,12-,13?,14?,15+,16+,18-,19-/m1/s1. The van der Waals surface area contributed by atoms with Crippen LogP contribution in [0.25, 0.3) is 0 Å². The van der Waals surface area contributed by atoms with Crippen LogP contribution in [0.1, 0.15) is 20.3 Å². The van der Waals surface area contributed by atoms with Gasteiger partial charge in [0.2, 0.25) is 17.7 Å². The van der Waals surface area contributed by atoms with Crippen LogP contribution in [0.5, 0.6) is 0 Å². The van der Waals surface area contributed by atoms with Crippen LogP contribution < -0.4 is 16.0 Å². The average molecular weight is 560 g/mol. The summed E-state index contributed by atoms with van der Waals surface area (Å²) >= 11 is 1.47. The van der Waals surface area contributed by atoms with E-state index < -0.39 is 17.9 Å². The fourth-order valence-corrected chi connectivity index (χ4v) is 8.38. The summed E-state index contributed by atoms with van der Waals surface area (Å²) in [5.74, 6) is -1.32. The van der Waals surface area contributed by atoms with Crippen LogP contribution in [0.4, 0.5) is 0 Å². The van der Waals surface area contributed by atoms with Gasteiger partial charge in [0.15, 0.2) is 0 Å². The molecule has 210 valence electrons. The second-order valence-corrected chi connectivity index (χ2v) is 12.6. The van der Waals surface area contributed by atoms with Crippen LogP contribution in [0, 0.1) is 23.7 Å². The lowest BCUT2D eigenvalue weighted by Gasteiger charge is -2.47. The maximum Gasteiger partial charge on any atom is 0.353 e. The Balaban J connectivity index is 1.09. The third-order valence-electron chi connectivity index (χ3n) is 8.80. The second kappa shape index (κ2) is 10.2. The summed E-state index contributed by atoms with van der Waals surface area (Å²) in [6, 6.07) is -1.12. The molecule has 5 aliphatic heterocycles. The number of fused-ring (bicyclic) bond motifs is 2. The van der Waals surface area contributed by atoms with Gasteiger partial charge in [0.25, 0.3) is 0 Å². The van der Waals surface area contributed by atoms with Gasteiger partial charge in [-0.25, -0.2) is 9.48 Å². The number of rotatable bonds is 8. The van der Waals surface area contributed by atoms with Gasteiger partial charge in [0.05, 0.1) is 18.0 Å². The van der Waals surface area contributed by atoms with E-state index in [1.54, 1.807) is 6.92 Å². The number of carboxylic acid groups (broad SMARTS) is 1. The second-order valence-electron chi connectivity index (χ2n) is 11.3. The van der Waals surface area contributed by atoms with Crippen LogP contribution in [-0.2, 0) is 25.7 Å². The molecule has 0 radical (unpaired) electrons. The fourth-order valence-electron chi connectivity index (χ4n) is 6.90. The lowest BCUT2D eigenvalue weighted by atomic mass is 9.78. The molecule has 4 N–H and O–H groups in total. The predicted octanol–water partition coefficient (Wildman–Crippen LogP) is -1.91. The summed E-state index contributed by atoms with van der Waals surface area (Å²) in [6.45, 7) is 7.74. The molecule has 14 nitrogen and oxygen atoms in total. The Labute approximate surface area is 229 Å². The highest BCUT2D eigenvalue weighted by Crippen LogP contribution is 2.52. The van der Waals surface area contributed by atoms with Crippen LogP contribution in [-0.4, -0.2) is 115 Å². The molecule has 6 rings (SSSR count). The molecule has 39 heavy (non-hydrogen) atoms. The maximum atomic E-state index is 13.2. The van der Waals surface area contributed by atoms with E-state index in [0.717, 1.165) is 26.2 Å². The number of aliphatic carboxylic acids is 1. The number of aromatic nitrogens is 4. The average Bonchev–Trinajstić information content (AvgIpc) is 3.69. The van der Waals surface area contributed by atoms with Crippen molar-refractivity contribution in [2.24, 2.45) is 23.7 Å². The van der Waals surface area contributed by atoms with E-state index in [1.807, 2.05) is 11.8 Å². The van der Waals surface area contributed by atoms with Gasteiger partial charge in [-0.3, -0.25) is 14.4 Å². The third kappa shape index (κ3) is 4.59. The largest absolute Gasteiger partial charge is 0.477 e. The number of carbonyl (C=O) groups excluding carboxylic acids is 3. The molecule has 6 heterocycles. The van der Waals surface area contributed by atoms with Crippen molar-refractivity contribution in [3.63, 3.8) is 0 Å². The Morgan fingerprint density at radius 3 is 2.64 bits per heavy atom. The lowest BCUT2D eigenvalue weighted by molar-refractivity contribution is -0.158. The summed E-state index contributed by atoms with van der Waals surface area (Å²) in [5, 5.41) is 30.4. The normalized spacial score (nSPS) is 34.2. The van der Waals surface area contributed by atoms with Crippen molar-refractivity contribution in [2.75, 3.05) is 32.7 Å². The Morgan fingerprint density at radius 2 is 1.97 bits per heavy atom. The smallest absolute Gasteiger partial charge is 0.353 e. The lowest BCUT2D eigenvalue weighted by Crippen LogP contribution is -2.66. The van der Waals surface area contributed by atoms with Gasteiger partial charge < -0.3 is 30.9 Å². The van der Waals surface area contributed by atoms with Crippen LogP contribution in [0.2, 0.25) is 0 Å². The number of carbonyl (C=O) groups is 4. The van der Waals surface area contributed by atoms with Crippen molar-refractivity contribution in [1.82, 2.24) is 46.0 Å². The fraction of sp³-hybridized carbons (Fsp3) is 0.708. The molecule has 5 aliphatic rings. The number of tetrazole rings is 1. The highest BCUT2D eigenvalue weighted by atomic mass is 32.2. The number of hydrogen-bond acceptors (Lipinski definition) is 10. The van der Waals surface area contributed by atoms with E-state index in [4.69, 9.17) is 0 Å². The first-order valence-corrected chi connectivity index (χ1v) is 14.3. The maximum absolute atomic E-state index is 13.2. The summed E-state index contributed by atoms with van der Waals surface area (Å²) in [4.78, 5) is 55.1. The van der Waals surface area contributed by atoms with Crippen molar-refractivity contribution < 1.29 is 24.3 Å². The highest BCUT2D eigenvalue weighted by Gasteiger charge is 2.60. The van der Waals surface area contributed by atoms with Gasteiger partial charge in [0, 0.05) is 54.8 Å². The molecule has 0 bridgehead atoms. The Morgan fingerprint density at radius 1 is 1.23 bits per heavy atom. The van der Waals surface area contributed by atoms with Gasteiger partial charge >= 0.3 is 5.97 Å². The van der Waals surface area contributed by atoms with Crippen LogP contribution in [0.3, 0.4) is 0 Å². The molecule has 0 aliphatic carbocycles. The van der Waals surface area contributed by atoms with Crippen molar-refractivity contribution in [3.05, 3.63) is 16.9 Å². The summed E-state index contributed by atoms with van der Waals surface area (Å²) in [5.41, 5.74) is 0.0283. The minimum absolute atomic E-state index is 0.0233. The molecule has 1 aromatic rings. The molecule has 0 aromatic carbocycles. The molecule has 1 aromatic heterocycles. The van der Waals surface area contributed by atoms with Crippen molar-refractivity contribution in [3.8, 4) is 0 Å². The zero-order chi connectivity index (χ0) is 27.4. The molecule has 0 spiro atoms. The van der Waals surface area contributed by atoms with E-state index in [1.165, 1.54) is 27.7 Å². The van der Waals surface area contributed by atoms with Gasteiger partial charge in [-0.15, -0.1) is 16.9 Å². The molecule has 0 saturated carbocycles. The Bertz CT molecular complexity index is 1200. The van der Waals surface area contributed by atoms with E-state index in [0.29, 0.717) is 29.7 Å². The number of nitrogens with zero attached hydrogens (tertiary/aromatic N) is 6. The monoisotopic (exact) mass is 559 g/mol. The Kier molecular flexibility index (Phi) is 6.83. The molecular formula is C24H33N9O5S. The zero-order valence-corrected chi connectivity index (χ0v) is 22.6. The first-order valence-electron chi connectivity index (χ1n) is 13.4. The van der Waals surface area contributed by atoms with E-state index >= 15 is 0 Å². The molecule has 3 amide bonds. The summed E-state index contributed by atoms with van der Waals surface area (Å²) in [6.07, 6.45) is 1.94. The molecular weight excluding hydrogens is 526 g/mol. The van der Waals surface area contributed by atoms with Gasteiger partial charge in [-0.05, 0) is 35.6 Å². The first-order chi connectivity index (χ1) is 18.7. The van der Waals surface area contributed by atoms with Crippen molar-refractivity contribution >= 4 is 35.5 Å². The van der Waals surface area contributed by atoms with E-state index in [2.05, 4.69) is 31.5 Å². The topological polar surface area (TPSA) is 175 Å². The minimum atomic E-state index is -1.13. The number of thioether (sulfide) groups is 1. The van der Waals surface area contributed by atoms with Gasteiger partial charge in [-0.2, -0.15) is 0 Å². The predicted molar refractivity (Wildman–Crippen MR) is 138 cm³/mol. The number of hydrogen-bond donors (Lipinski definition) is 4. The SMILES string of the molecule is C[C@@H](NC(=O)Cn1cnnn1)[C@H]1C(=O)N2C(C(=O)O)=C(S[C@@H]3CN[C@H](C(=O)N4CC5CNCC5C4)C3)[C@H](C)[C@H]12. The minimum Gasteiger partial charge on any atom is -0.477 e. The molecule has 2 unspecified atom stereocenters. The molecule has 4 saturated heterocycles. The number of carboxylic acids is 1. The summed E-state index contributed by atoms with van der Waals surface area (Å²) in [7, 11) is 0. The first kappa shape index (κ1) is 26.2. The third-order valence-corrected chi connectivity index (χ3v) is 10.3. The Hall–Kier alpha value is -3.04. The van der Waals surface area contributed by atoms with E-state index in [9.17, 15) is 24.3 Å². The number of likely N-dealkylation sites (tertiary alicyclic amines) is 1. The zero-order valence-electron chi connectivity index (χ0n) is 21.8. The van der Waals surface area contributed by atoms with Gasteiger partial charge in [0.1, 0.15) is 18.6 Å². The number of amides is 3. The number of nitrogens with one attached hydrogen (secondary N) is 3. The quantitative estimate of drug-likeness (QED) is 0.262. The van der Waals surface area contributed by atoms with Gasteiger partial charge in [-0.1, -0.05) is 6.92 Å². The molecule has 15 heteroatoms. The van der Waals surface area contributed by atoms with E-state index in [-0.39, 0.29) is 53.2 Å². The van der Waals surface area contributed by atoms with Crippen LogP contribution >= 0.6 is 11.8 Å². The van der Waals surface area contributed by atoms with Crippen molar-refractivity contribution in [2.45, 2.75) is 50.2 Å². The number of β-lactam (4-membered cyclic amide) rings is 1. The highest BCUT2D eigenvalue weighted by molar-refractivity contribution is 8.03. The summed E-state index contributed by atoms with van der Waals surface area (Å²) < 4.78 is 1.29. The van der Waals surface area contributed by atoms with Crippen LogP contribution in [0.15, 0.2) is 16.9 Å². The molecule has 8 atom stereocenters. The van der Waals surface area contributed by atoms with Crippen molar-refractivity contribution in [1.29, 1.82) is 0 Å². The molecule has 4 fully saturated rings.